The van der Waals surface area contributed by atoms with E-state index in [1.165, 1.54) is 13.3 Å². The van der Waals surface area contributed by atoms with Gasteiger partial charge in [0.25, 0.3) is 0 Å². The van der Waals surface area contributed by atoms with Crippen molar-refractivity contribution >= 4 is 38.5 Å². The number of benzene rings is 2. The molecule has 11 nitrogen and oxygen atoms in total. The first kappa shape index (κ1) is 26.0. The third kappa shape index (κ3) is 5.23. The first-order valence-electron chi connectivity index (χ1n) is 12.1. The van der Waals surface area contributed by atoms with Crippen LogP contribution in [0.25, 0.3) is 22.6 Å². The van der Waals surface area contributed by atoms with Crippen LogP contribution in [0.3, 0.4) is 0 Å². The minimum Gasteiger partial charge on any atom is -0.480 e. The summed E-state index contributed by atoms with van der Waals surface area (Å²) in [5, 5.41) is 0. The van der Waals surface area contributed by atoms with Gasteiger partial charge in [-0.15, -0.1) is 0 Å². The Kier molecular flexibility index (Phi) is 7.37. The quantitative estimate of drug-likeness (QED) is 0.307. The molecule has 0 amide bonds. The lowest BCUT2D eigenvalue weighted by atomic mass is 10.1. The van der Waals surface area contributed by atoms with Crippen LogP contribution in [0, 0.1) is 0 Å². The second kappa shape index (κ2) is 11.0. The Morgan fingerprint density at radius 1 is 0.744 bits per heavy atom. The van der Waals surface area contributed by atoms with Gasteiger partial charge in [0.2, 0.25) is 5.88 Å². The zero-order chi connectivity index (χ0) is 27.5. The molecule has 4 heterocycles. The summed E-state index contributed by atoms with van der Waals surface area (Å²) in [7, 11) is 1.52. The molecule has 198 valence electrons. The van der Waals surface area contributed by atoms with Crippen molar-refractivity contribution in [2.75, 3.05) is 7.11 Å². The summed E-state index contributed by atoms with van der Waals surface area (Å²) in [6, 6.07) is 19.4. The van der Waals surface area contributed by atoms with Gasteiger partial charge in [0.05, 0.1) is 31.6 Å². The van der Waals surface area contributed by atoms with Gasteiger partial charge in [0.1, 0.15) is 4.60 Å². The number of aromatic amines is 2. The predicted molar refractivity (Wildman–Crippen MR) is 151 cm³/mol. The lowest BCUT2D eigenvalue weighted by molar-refractivity contribution is 0.396. The van der Waals surface area contributed by atoms with Gasteiger partial charge in [-0.2, -0.15) is 4.98 Å². The minimum atomic E-state index is -0.232. The molecular weight excluding hydrogens is 564 g/mol. The SMILES string of the molecule is COc1cnc2[nH]c(=O)n([C@@H](C)c3ccccc3)c2n1.C[C@@H](c1ccccc1)n1c(=O)[nH]c2ncc(Br)nc21. The van der Waals surface area contributed by atoms with Gasteiger partial charge >= 0.3 is 11.4 Å². The fraction of sp³-hybridized carbons (Fsp3) is 0.185. The van der Waals surface area contributed by atoms with Crippen LogP contribution in [-0.2, 0) is 0 Å². The molecule has 0 radical (unpaired) electrons. The smallest absolute Gasteiger partial charge is 0.329 e. The van der Waals surface area contributed by atoms with Crippen molar-refractivity contribution in [1.82, 2.24) is 39.0 Å². The number of hydrogen-bond donors (Lipinski definition) is 2. The topological polar surface area (TPSA) is 136 Å². The molecule has 12 heteroatoms. The summed E-state index contributed by atoms with van der Waals surface area (Å²) >= 11 is 3.28. The fourth-order valence-electron chi connectivity index (χ4n) is 4.33. The van der Waals surface area contributed by atoms with E-state index in [0.29, 0.717) is 33.1 Å². The molecule has 0 spiro atoms. The normalized spacial score (nSPS) is 12.6. The molecule has 0 aliphatic rings. The van der Waals surface area contributed by atoms with Crippen molar-refractivity contribution in [3.8, 4) is 5.88 Å². The molecule has 0 saturated heterocycles. The number of hydrogen-bond acceptors (Lipinski definition) is 7. The number of fused-ring (bicyclic) bond motifs is 2. The van der Waals surface area contributed by atoms with Crippen LogP contribution in [0.2, 0.25) is 0 Å². The van der Waals surface area contributed by atoms with Crippen molar-refractivity contribution in [3.63, 3.8) is 0 Å². The van der Waals surface area contributed by atoms with Gasteiger partial charge in [-0.05, 0) is 40.9 Å². The average molecular weight is 589 g/mol. The summed E-state index contributed by atoms with van der Waals surface area (Å²) in [6.45, 7) is 3.91. The molecule has 6 rings (SSSR count). The van der Waals surface area contributed by atoms with E-state index in [2.05, 4.69) is 45.8 Å². The molecule has 4 aromatic heterocycles. The van der Waals surface area contributed by atoms with Crippen LogP contribution in [0.1, 0.15) is 37.1 Å². The van der Waals surface area contributed by atoms with Crippen LogP contribution in [0.5, 0.6) is 5.88 Å². The van der Waals surface area contributed by atoms with E-state index >= 15 is 0 Å². The summed E-state index contributed by atoms with van der Waals surface area (Å²) in [5.74, 6) is 0.380. The lowest BCUT2D eigenvalue weighted by Gasteiger charge is -2.13. The molecule has 2 N–H and O–H groups in total. The van der Waals surface area contributed by atoms with Gasteiger partial charge in [0, 0.05) is 0 Å². The van der Waals surface area contributed by atoms with Crippen LogP contribution >= 0.6 is 15.9 Å². The summed E-state index contributed by atoms with van der Waals surface area (Å²) in [5.41, 5.74) is 3.64. The van der Waals surface area contributed by atoms with Gasteiger partial charge < -0.3 is 4.74 Å². The number of H-pyrrole nitrogens is 2. The van der Waals surface area contributed by atoms with Crippen molar-refractivity contribution in [2.24, 2.45) is 0 Å². The number of imidazole rings is 2. The molecule has 0 aliphatic heterocycles. The molecule has 0 fully saturated rings. The number of rotatable bonds is 5. The standard InChI is InChI=1S/C14H14N4O2.C13H11BrN4O/c1-9(10-6-4-3-5-7-10)18-13-12(17-14(18)19)15-8-11(16-13)20-2;1-8(9-5-3-2-4-6-9)18-12-11(17-13(18)19)15-7-10(14)16-12/h3-9H,1-2H3,(H,15,17,19);2-8H,1H3,(H,15,17,19)/t9-;8-/m00/s1. The zero-order valence-corrected chi connectivity index (χ0v) is 23.0. The number of aromatic nitrogens is 8. The number of ether oxygens (including phenoxy) is 1. The summed E-state index contributed by atoms with van der Waals surface area (Å²) < 4.78 is 8.87. The van der Waals surface area contributed by atoms with Gasteiger partial charge in [0.15, 0.2) is 22.6 Å². The highest BCUT2D eigenvalue weighted by Gasteiger charge is 2.18. The Balaban J connectivity index is 0.000000158. The maximum Gasteiger partial charge on any atom is 0.329 e. The van der Waals surface area contributed by atoms with E-state index in [-0.39, 0.29) is 23.5 Å². The second-order valence-electron chi connectivity index (χ2n) is 8.72. The lowest BCUT2D eigenvalue weighted by Crippen LogP contribution is -2.21. The van der Waals surface area contributed by atoms with Gasteiger partial charge in [-0.1, -0.05) is 60.7 Å². The molecule has 0 unspecified atom stereocenters. The third-order valence-electron chi connectivity index (χ3n) is 6.35. The highest BCUT2D eigenvalue weighted by molar-refractivity contribution is 9.10. The summed E-state index contributed by atoms with van der Waals surface area (Å²) in [4.78, 5) is 46.6. The molecule has 0 aliphatic carbocycles. The number of nitrogens with one attached hydrogen (secondary N) is 2. The average Bonchev–Trinajstić information content (AvgIpc) is 3.47. The fourth-order valence-corrected chi connectivity index (χ4v) is 4.60. The molecular formula is C27H25BrN8O3. The first-order chi connectivity index (χ1) is 18.9. The molecule has 2 aromatic carbocycles. The van der Waals surface area contributed by atoms with Crippen LogP contribution in [0.15, 0.2) is 87.2 Å². The highest BCUT2D eigenvalue weighted by Crippen LogP contribution is 2.21. The van der Waals surface area contributed by atoms with E-state index < -0.39 is 0 Å². The largest absolute Gasteiger partial charge is 0.480 e. The van der Waals surface area contributed by atoms with Crippen LogP contribution in [0.4, 0.5) is 0 Å². The van der Waals surface area contributed by atoms with Crippen LogP contribution < -0.4 is 16.1 Å². The van der Waals surface area contributed by atoms with E-state index in [4.69, 9.17) is 4.74 Å². The Hall–Kier alpha value is -4.58. The number of halogens is 1. The molecule has 0 saturated carbocycles. The van der Waals surface area contributed by atoms with Gasteiger partial charge in [-0.3, -0.25) is 19.1 Å². The van der Waals surface area contributed by atoms with Gasteiger partial charge in [-0.25, -0.2) is 24.5 Å². The van der Waals surface area contributed by atoms with Crippen LogP contribution in [-0.4, -0.2) is 46.1 Å². The zero-order valence-electron chi connectivity index (χ0n) is 21.4. The monoisotopic (exact) mass is 588 g/mol. The maximum absolute atomic E-state index is 12.1. The van der Waals surface area contributed by atoms with E-state index in [1.54, 1.807) is 15.3 Å². The Bertz CT molecular complexity index is 1840. The van der Waals surface area contributed by atoms with E-state index in [0.717, 1.165) is 11.1 Å². The molecule has 2 atom stereocenters. The van der Waals surface area contributed by atoms with Crippen molar-refractivity contribution in [1.29, 1.82) is 0 Å². The Labute approximate surface area is 230 Å². The van der Waals surface area contributed by atoms with Crippen molar-refractivity contribution in [3.05, 3.63) is 110 Å². The van der Waals surface area contributed by atoms with Crippen molar-refractivity contribution < 1.29 is 4.74 Å². The highest BCUT2D eigenvalue weighted by atomic mass is 79.9. The van der Waals surface area contributed by atoms with Crippen molar-refractivity contribution in [2.45, 2.75) is 25.9 Å². The minimum absolute atomic E-state index is 0.106. The predicted octanol–water partition coefficient (Wildman–Crippen LogP) is 4.23. The number of nitrogens with zero attached hydrogens (tertiary/aromatic N) is 6. The number of methoxy groups -OCH3 is 1. The maximum atomic E-state index is 12.1. The Morgan fingerprint density at radius 3 is 1.69 bits per heavy atom. The van der Waals surface area contributed by atoms with E-state index in [1.807, 2.05) is 74.5 Å². The first-order valence-corrected chi connectivity index (χ1v) is 12.9. The Morgan fingerprint density at radius 2 is 1.21 bits per heavy atom. The molecule has 0 bridgehead atoms. The van der Waals surface area contributed by atoms with E-state index in [9.17, 15) is 9.59 Å². The second-order valence-corrected chi connectivity index (χ2v) is 9.54. The summed E-state index contributed by atoms with van der Waals surface area (Å²) in [6.07, 6.45) is 3.05. The molecule has 6 aromatic rings. The third-order valence-corrected chi connectivity index (χ3v) is 6.73. The molecule has 39 heavy (non-hydrogen) atoms.